The SMILES string of the molecule is CCCCn1c(=O)n(CCCc2nc(CCc3ccccc3)no2)c(=O)c2[nH]c(Cl)nc21. The molecule has 0 aliphatic heterocycles. The van der Waals surface area contributed by atoms with Crippen LogP contribution < -0.4 is 11.2 Å². The van der Waals surface area contributed by atoms with E-state index in [1.54, 1.807) is 0 Å². The molecule has 0 atom stereocenters. The fourth-order valence-electron chi connectivity index (χ4n) is 3.64. The molecule has 168 valence electrons. The van der Waals surface area contributed by atoms with E-state index in [0.717, 1.165) is 19.3 Å². The van der Waals surface area contributed by atoms with Crippen LogP contribution in [-0.2, 0) is 32.4 Å². The quantitative estimate of drug-likeness (QED) is 0.367. The molecule has 0 saturated carbocycles. The third-order valence-corrected chi connectivity index (χ3v) is 5.51. The second-order valence-electron chi connectivity index (χ2n) is 7.66. The molecule has 0 spiro atoms. The molecule has 0 amide bonds. The Balaban J connectivity index is 1.44. The van der Waals surface area contributed by atoms with Crippen LogP contribution in [0.4, 0.5) is 0 Å². The van der Waals surface area contributed by atoms with Crippen LogP contribution in [0.2, 0.25) is 5.28 Å². The summed E-state index contributed by atoms with van der Waals surface area (Å²) in [6.07, 6.45) is 4.21. The first-order valence-corrected chi connectivity index (χ1v) is 11.2. The zero-order valence-electron chi connectivity index (χ0n) is 17.9. The number of imidazole rings is 1. The molecule has 10 heteroatoms. The highest BCUT2D eigenvalue weighted by molar-refractivity contribution is 6.28. The minimum atomic E-state index is -0.425. The molecular weight excluding hydrogens is 432 g/mol. The van der Waals surface area contributed by atoms with Gasteiger partial charge in [-0.3, -0.25) is 13.9 Å². The van der Waals surface area contributed by atoms with Gasteiger partial charge in [-0.1, -0.05) is 48.8 Å². The van der Waals surface area contributed by atoms with Crippen LogP contribution in [0.5, 0.6) is 0 Å². The monoisotopic (exact) mass is 456 g/mol. The Morgan fingerprint density at radius 1 is 1.00 bits per heavy atom. The van der Waals surface area contributed by atoms with E-state index < -0.39 is 5.56 Å². The summed E-state index contributed by atoms with van der Waals surface area (Å²) in [6.45, 7) is 2.74. The lowest BCUT2D eigenvalue weighted by Crippen LogP contribution is -2.40. The van der Waals surface area contributed by atoms with Crippen LogP contribution in [0, 0.1) is 0 Å². The molecule has 3 aromatic heterocycles. The number of rotatable bonds is 10. The molecule has 3 heterocycles. The molecule has 0 aliphatic carbocycles. The molecule has 0 bridgehead atoms. The summed E-state index contributed by atoms with van der Waals surface area (Å²) >= 11 is 5.96. The maximum Gasteiger partial charge on any atom is 0.332 e. The van der Waals surface area contributed by atoms with E-state index in [4.69, 9.17) is 16.1 Å². The van der Waals surface area contributed by atoms with Gasteiger partial charge in [0.2, 0.25) is 11.2 Å². The van der Waals surface area contributed by atoms with Crippen molar-refractivity contribution < 1.29 is 4.52 Å². The standard InChI is InChI=1S/C22H25ClN6O3/c1-2-3-13-28-19-18(25-21(23)26-19)20(30)29(22(28)31)14-7-10-17-24-16(27-32-17)12-11-15-8-5-4-6-9-15/h4-6,8-9H,2-3,7,10-14H2,1H3,(H,25,26). The van der Waals surface area contributed by atoms with Crippen LogP contribution in [0.25, 0.3) is 11.2 Å². The second-order valence-corrected chi connectivity index (χ2v) is 8.02. The Hall–Kier alpha value is -3.20. The molecule has 32 heavy (non-hydrogen) atoms. The molecule has 1 N–H and O–H groups in total. The van der Waals surface area contributed by atoms with Gasteiger partial charge in [-0.15, -0.1) is 0 Å². The number of nitrogens with one attached hydrogen (secondary N) is 1. The van der Waals surface area contributed by atoms with Gasteiger partial charge in [-0.05, 0) is 36.4 Å². The number of H-pyrrole nitrogens is 1. The Bertz CT molecular complexity index is 1300. The van der Waals surface area contributed by atoms with E-state index in [1.807, 2.05) is 25.1 Å². The zero-order valence-corrected chi connectivity index (χ0v) is 18.6. The molecule has 9 nitrogen and oxygen atoms in total. The van der Waals surface area contributed by atoms with Gasteiger partial charge in [-0.25, -0.2) is 4.79 Å². The van der Waals surface area contributed by atoms with E-state index >= 15 is 0 Å². The number of fused-ring (bicyclic) bond motifs is 1. The van der Waals surface area contributed by atoms with Crippen LogP contribution in [0.3, 0.4) is 0 Å². The average molecular weight is 457 g/mol. The predicted octanol–water partition coefficient (Wildman–Crippen LogP) is 3.14. The van der Waals surface area contributed by atoms with Crippen molar-refractivity contribution in [2.24, 2.45) is 0 Å². The Kier molecular flexibility index (Phi) is 6.84. The van der Waals surface area contributed by atoms with Crippen molar-refractivity contribution in [2.45, 2.75) is 58.5 Å². The number of unbranched alkanes of at least 4 members (excludes halogenated alkanes) is 1. The van der Waals surface area contributed by atoms with Crippen molar-refractivity contribution in [1.29, 1.82) is 0 Å². The zero-order chi connectivity index (χ0) is 22.5. The highest BCUT2D eigenvalue weighted by Gasteiger charge is 2.17. The van der Waals surface area contributed by atoms with Gasteiger partial charge in [0.25, 0.3) is 5.56 Å². The smallest absolute Gasteiger partial charge is 0.332 e. The number of aromatic nitrogens is 6. The predicted molar refractivity (Wildman–Crippen MR) is 121 cm³/mol. The maximum atomic E-state index is 13.0. The van der Waals surface area contributed by atoms with E-state index in [2.05, 4.69) is 32.2 Å². The molecule has 4 aromatic rings. The first-order valence-electron chi connectivity index (χ1n) is 10.8. The number of benzene rings is 1. The molecule has 0 unspecified atom stereocenters. The molecular formula is C22H25ClN6O3. The third-order valence-electron chi connectivity index (χ3n) is 5.33. The normalized spacial score (nSPS) is 11.4. The lowest BCUT2D eigenvalue weighted by Gasteiger charge is -2.10. The van der Waals surface area contributed by atoms with Crippen LogP contribution >= 0.6 is 11.6 Å². The molecule has 4 rings (SSSR count). The van der Waals surface area contributed by atoms with Gasteiger partial charge in [0.15, 0.2) is 17.0 Å². The molecule has 0 aliphatic rings. The summed E-state index contributed by atoms with van der Waals surface area (Å²) < 4.78 is 8.07. The van der Waals surface area contributed by atoms with Crippen LogP contribution in [0.1, 0.15) is 43.5 Å². The topological polar surface area (TPSA) is 112 Å². The van der Waals surface area contributed by atoms with Gasteiger partial charge < -0.3 is 9.51 Å². The first kappa shape index (κ1) is 22.0. The minimum Gasteiger partial charge on any atom is -0.339 e. The lowest BCUT2D eigenvalue weighted by molar-refractivity contribution is 0.366. The maximum absolute atomic E-state index is 13.0. The van der Waals surface area contributed by atoms with Crippen molar-refractivity contribution in [3.05, 3.63) is 73.7 Å². The van der Waals surface area contributed by atoms with E-state index in [9.17, 15) is 9.59 Å². The van der Waals surface area contributed by atoms with Gasteiger partial charge >= 0.3 is 5.69 Å². The summed E-state index contributed by atoms with van der Waals surface area (Å²) in [5.74, 6) is 1.15. The number of nitrogens with zero attached hydrogens (tertiary/aromatic N) is 5. The van der Waals surface area contributed by atoms with Crippen molar-refractivity contribution in [1.82, 2.24) is 29.2 Å². The van der Waals surface area contributed by atoms with Gasteiger partial charge in [0, 0.05) is 25.9 Å². The summed E-state index contributed by atoms with van der Waals surface area (Å²) in [7, 11) is 0. The van der Waals surface area contributed by atoms with Crippen molar-refractivity contribution in [3.63, 3.8) is 0 Å². The Morgan fingerprint density at radius 3 is 2.56 bits per heavy atom. The first-order chi connectivity index (χ1) is 15.6. The number of aryl methyl sites for hydroxylation is 4. The average Bonchev–Trinajstić information content (AvgIpc) is 3.42. The summed E-state index contributed by atoms with van der Waals surface area (Å²) in [5.41, 5.74) is 0.952. The number of hydrogen-bond donors (Lipinski definition) is 1. The largest absolute Gasteiger partial charge is 0.339 e. The number of aromatic amines is 1. The summed E-state index contributed by atoms with van der Waals surface area (Å²) in [5, 5.41) is 4.13. The summed E-state index contributed by atoms with van der Waals surface area (Å²) in [4.78, 5) is 37.1. The van der Waals surface area contributed by atoms with Crippen molar-refractivity contribution in [3.8, 4) is 0 Å². The summed E-state index contributed by atoms with van der Waals surface area (Å²) in [6, 6.07) is 10.1. The second kappa shape index (κ2) is 9.95. The molecule has 0 fully saturated rings. The van der Waals surface area contributed by atoms with Crippen LogP contribution in [-0.4, -0.2) is 29.2 Å². The fourth-order valence-corrected chi connectivity index (χ4v) is 3.81. The molecule has 1 aromatic carbocycles. The fraction of sp³-hybridized carbons (Fsp3) is 0.409. The Morgan fingerprint density at radius 2 is 1.78 bits per heavy atom. The minimum absolute atomic E-state index is 0.0911. The van der Waals surface area contributed by atoms with Crippen molar-refractivity contribution >= 4 is 22.8 Å². The highest BCUT2D eigenvalue weighted by Crippen LogP contribution is 2.11. The van der Waals surface area contributed by atoms with Gasteiger partial charge in [0.05, 0.1) is 0 Å². The van der Waals surface area contributed by atoms with Gasteiger partial charge in [-0.2, -0.15) is 9.97 Å². The lowest BCUT2D eigenvalue weighted by atomic mass is 10.1. The van der Waals surface area contributed by atoms with E-state index in [-0.39, 0.29) is 23.0 Å². The van der Waals surface area contributed by atoms with Crippen molar-refractivity contribution in [2.75, 3.05) is 0 Å². The Labute approximate surface area is 189 Å². The highest BCUT2D eigenvalue weighted by atomic mass is 35.5. The number of halogens is 1. The number of hydrogen-bond acceptors (Lipinski definition) is 6. The third kappa shape index (κ3) is 4.83. The molecule has 0 saturated heterocycles. The van der Waals surface area contributed by atoms with E-state index in [1.165, 1.54) is 14.7 Å². The van der Waals surface area contributed by atoms with Gasteiger partial charge in [0.1, 0.15) is 0 Å². The van der Waals surface area contributed by atoms with E-state index in [0.29, 0.717) is 43.2 Å². The van der Waals surface area contributed by atoms with Crippen LogP contribution in [0.15, 0.2) is 44.4 Å². The molecule has 0 radical (unpaired) electrons.